The summed E-state index contributed by atoms with van der Waals surface area (Å²) in [5.74, 6) is -2.34. The molecule has 0 saturated heterocycles. The molecule has 0 aliphatic rings. The number of hydrogen-bond donors (Lipinski definition) is 1. The fourth-order valence-corrected chi connectivity index (χ4v) is 10.9. The highest BCUT2D eigenvalue weighted by molar-refractivity contribution is 8.09. The van der Waals surface area contributed by atoms with Crippen molar-refractivity contribution in [3.05, 3.63) is 96.8 Å². The van der Waals surface area contributed by atoms with Crippen LogP contribution in [0.15, 0.2) is 85.7 Å². The van der Waals surface area contributed by atoms with E-state index in [1.165, 1.54) is 18.5 Å². The van der Waals surface area contributed by atoms with Crippen LogP contribution in [-0.4, -0.2) is 42.1 Å². The molecule has 2 atom stereocenters. The molecule has 4 rings (SSSR count). The first kappa shape index (κ1) is 28.9. The SMILES string of the molecule is C=CC(C)CC(C(O)C(C)C)(S(=O)(=O)Cc1cnc2ccccc2c1)S(=O)(=O)Cc1cnc2ccccc2c1. The maximum absolute atomic E-state index is 14.4. The van der Waals surface area contributed by atoms with Crippen LogP contribution in [0.3, 0.4) is 0 Å². The Kier molecular flexibility index (Phi) is 8.25. The van der Waals surface area contributed by atoms with Gasteiger partial charge in [-0.2, -0.15) is 0 Å². The van der Waals surface area contributed by atoms with Crippen LogP contribution < -0.4 is 0 Å². The number of nitrogens with zero attached hydrogens (tertiary/aromatic N) is 2. The smallest absolute Gasteiger partial charge is 0.200 e. The van der Waals surface area contributed by atoms with Crippen molar-refractivity contribution in [2.24, 2.45) is 11.8 Å². The van der Waals surface area contributed by atoms with Crippen molar-refractivity contribution >= 4 is 41.5 Å². The average Bonchev–Trinajstić information content (AvgIpc) is 2.90. The zero-order chi connectivity index (χ0) is 28.4. The average molecular weight is 567 g/mol. The van der Waals surface area contributed by atoms with Gasteiger partial charge in [-0.3, -0.25) is 9.97 Å². The van der Waals surface area contributed by atoms with Crippen LogP contribution in [0.4, 0.5) is 0 Å². The lowest BCUT2D eigenvalue weighted by Gasteiger charge is -2.40. The molecule has 2 aromatic heterocycles. The van der Waals surface area contributed by atoms with Gasteiger partial charge in [0.25, 0.3) is 0 Å². The minimum Gasteiger partial charge on any atom is -0.390 e. The molecule has 0 aliphatic heterocycles. The van der Waals surface area contributed by atoms with Gasteiger partial charge in [0.05, 0.1) is 28.6 Å². The second-order valence-electron chi connectivity index (χ2n) is 10.5. The highest BCUT2D eigenvalue weighted by Gasteiger charge is 2.60. The molecule has 0 bridgehead atoms. The lowest BCUT2D eigenvalue weighted by atomic mass is 9.96. The van der Waals surface area contributed by atoms with E-state index in [0.29, 0.717) is 22.2 Å². The second-order valence-corrected chi connectivity index (χ2v) is 15.3. The van der Waals surface area contributed by atoms with Crippen molar-refractivity contribution in [2.75, 3.05) is 0 Å². The van der Waals surface area contributed by atoms with Crippen LogP contribution in [0.1, 0.15) is 38.3 Å². The molecule has 9 heteroatoms. The first-order chi connectivity index (χ1) is 18.4. The summed E-state index contributed by atoms with van der Waals surface area (Å²) < 4.78 is 55.1. The molecule has 2 aromatic carbocycles. The van der Waals surface area contributed by atoms with Crippen molar-refractivity contribution in [1.29, 1.82) is 0 Å². The molecular weight excluding hydrogens is 532 g/mol. The Morgan fingerprint density at radius 2 is 1.26 bits per heavy atom. The van der Waals surface area contributed by atoms with Gasteiger partial charge in [-0.1, -0.05) is 63.2 Å². The first-order valence-corrected chi connectivity index (χ1v) is 16.1. The van der Waals surface area contributed by atoms with Crippen LogP contribution >= 0.6 is 0 Å². The summed E-state index contributed by atoms with van der Waals surface area (Å²) in [5, 5.41) is 13.0. The quantitative estimate of drug-likeness (QED) is 0.247. The topological polar surface area (TPSA) is 114 Å². The molecular formula is C30H34N2O5S2. The summed E-state index contributed by atoms with van der Waals surface area (Å²) in [7, 11) is -9.04. The molecule has 2 heterocycles. The Bertz CT molecular complexity index is 1600. The third-order valence-electron chi connectivity index (χ3n) is 7.15. The van der Waals surface area contributed by atoms with Crippen LogP contribution in [0.5, 0.6) is 0 Å². The molecule has 0 aliphatic carbocycles. The number of para-hydroxylation sites is 2. The van der Waals surface area contributed by atoms with Gasteiger partial charge >= 0.3 is 0 Å². The Hall–Kier alpha value is -3.14. The van der Waals surface area contributed by atoms with Gasteiger partial charge < -0.3 is 5.11 Å². The predicted molar refractivity (Wildman–Crippen MR) is 156 cm³/mol. The van der Waals surface area contributed by atoms with Gasteiger partial charge in [0.1, 0.15) is 0 Å². The molecule has 0 saturated carbocycles. The van der Waals surface area contributed by atoms with E-state index in [0.717, 1.165) is 10.8 Å². The van der Waals surface area contributed by atoms with E-state index in [9.17, 15) is 21.9 Å². The van der Waals surface area contributed by atoms with Crippen molar-refractivity contribution in [3.8, 4) is 0 Å². The summed E-state index contributed by atoms with van der Waals surface area (Å²) in [4.78, 5) is 8.73. The lowest BCUT2D eigenvalue weighted by Crippen LogP contribution is -2.58. The van der Waals surface area contributed by atoms with E-state index < -0.39 is 53.2 Å². The molecule has 2 unspecified atom stereocenters. The summed E-state index contributed by atoms with van der Waals surface area (Å²) in [6, 6.07) is 18.0. The maximum atomic E-state index is 14.4. The molecule has 0 spiro atoms. The second kappa shape index (κ2) is 11.2. The third kappa shape index (κ3) is 5.62. The van der Waals surface area contributed by atoms with Gasteiger partial charge in [0, 0.05) is 23.2 Å². The number of benzene rings is 2. The zero-order valence-corrected chi connectivity index (χ0v) is 24.0. The zero-order valence-electron chi connectivity index (χ0n) is 22.4. The molecule has 7 nitrogen and oxygen atoms in total. The van der Waals surface area contributed by atoms with Crippen LogP contribution in [0, 0.1) is 11.8 Å². The predicted octanol–water partition coefficient (Wildman–Crippen LogP) is 5.24. The number of pyridine rings is 2. The highest BCUT2D eigenvalue weighted by Crippen LogP contribution is 2.42. The summed E-state index contributed by atoms with van der Waals surface area (Å²) in [5.41, 5.74) is 2.10. The van der Waals surface area contributed by atoms with E-state index in [-0.39, 0.29) is 6.42 Å². The normalized spacial score (nSPS) is 14.5. The van der Waals surface area contributed by atoms with E-state index >= 15 is 0 Å². The summed E-state index contributed by atoms with van der Waals surface area (Å²) in [6.07, 6.45) is 2.40. The summed E-state index contributed by atoms with van der Waals surface area (Å²) in [6.45, 7) is 8.71. The number of aliphatic hydroxyl groups excluding tert-OH is 1. The number of aromatic nitrogens is 2. The Balaban J connectivity index is 1.87. The van der Waals surface area contributed by atoms with Crippen LogP contribution in [-0.2, 0) is 31.2 Å². The Morgan fingerprint density at radius 3 is 1.67 bits per heavy atom. The number of aliphatic hydroxyl groups is 1. The monoisotopic (exact) mass is 566 g/mol. The van der Waals surface area contributed by atoms with Gasteiger partial charge in [-0.15, -0.1) is 6.58 Å². The molecule has 0 fully saturated rings. The molecule has 39 heavy (non-hydrogen) atoms. The van der Waals surface area contributed by atoms with E-state index in [1.54, 1.807) is 32.9 Å². The van der Waals surface area contributed by atoms with Crippen molar-refractivity contribution < 1.29 is 21.9 Å². The van der Waals surface area contributed by atoms with E-state index in [2.05, 4.69) is 16.5 Å². The van der Waals surface area contributed by atoms with Gasteiger partial charge in [0.2, 0.25) is 0 Å². The fraction of sp³-hybridized carbons (Fsp3) is 0.333. The van der Waals surface area contributed by atoms with Gasteiger partial charge in [-0.05, 0) is 53.6 Å². The number of allylic oxidation sites excluding steroid dienone is 1. The maximum Gasteiger partial charge on any atom is 0.200 e. The van der Waals surface area contributed by atoms with Crippen molar-refractivity contribution in [1.82, 2.24) is 9.97 Å². The Labute approximate surface area is 230 Å². The summed E-state index contributed by atoms with van der Waals surface area (Å²) >= 11 is 0. The van der Waals surface area contributed by atoms with Crippen LogP contribution in [0.2, 0.25) is 0 Å². The van der Waals surface area contributed by atoms with E-state index in [4.69, 9.17) is 0 Å². The number of rotatable bonds is 11. The molecule has 1 N–H and O–H groups in total. The van der Waals surface area contributed by atoms with Crippen molar-refractivity contribution in [2.45, 2.75) is 48.9 Å². The minimum absolute atomic E-state index is 0.331. The molecule has 0 radical (unpaired) electrons. The van der Waals surface area contributed by atoms with E-state index in [1.807, 2.05) is 48.5 Å². The molecule has 206 valence electrons. The minimum atomic E-state index is -4.52. The Morgan fingerprint density at radius 1 is 0.821 bits per heavy atom. The number of fused-ring (bicyclic) bond motifs is 2. The largest absolute Gasteiger partial charge is 0.390 e. The van der Waals surface area contributed by atoms with Crippen LogP contribution in [0.25, 0.3) is 21.8 Å². The van der Waals surface area contributed by atoms with Gasteiger partial charge in [0.15, 0.2) is 23.8 Å². The van der Waals surface area contributed by atoms with Gasteiger partial charge in [-0.25, -0.2) is 16.8 Å². The number of hydrogen-bond acceptors (Lipinski definition) is 7. The highest BCUT2D eigenvalue weighted by atomic mass is 32.3. The van der Waals surface area contributed by atoms with Crippen molar-refractivity contribution in [3.63, 3.8) is 0 Å². The number of sulfone groups is 2. The third-order valence-corrected chi connectivity index (χ3v) is 13.0. The lowest BCUT2D eigenvalue weighted by molar-refractivity contribution is 0.0991. The fourth-order valence-electron chi connectivity index (χ4n) is 5.05. The standard InChI is InChI=1S/C30H34N2O5S2/c1-5-22(4)16-30(29(33)21(2)3,38(34,35)19-23-14-25-10-6-8-12-27(25)31-17-23)39(36,37)20-24-15-26-11-7-9-13-28(26)32-18-24/h5-15,17-18,21-22,29,33H,1,16,19-20H2,2-4H3. The molecule has 4 aromatic rings. The first-order valence-electron chi connectivity index (χ1n) is 12.8. The molecule has 0 amide bonds.